The molecule has 624 valence electrons. The summed E-state index contributed by atoms with van der Waals surface area (Å²) in [6, 6.07) is 18.0. The summed E-state index contributed by atoms with van der Waals surface area (Å²) in [5.41, 5.74) is 5.66. The Bertz CT molecular complexity index is 5830. The summed E-state index contributed by atoms with van der Waals surface area (Å²) in [5.74, 6) is -3.98. The van der Waals surface area contributed by atoms with Crippen LogP contribution in [0.5, 0.6) is 5.75 Å². The van der Waals surface area contributed by atoms with Gasteiger partial charge in [-0.2, -0.15) is 0 Å². The Labute approximate surface area is 693 Å². The summed E-state index contributed by atoms with van der Waals surface area (Å²) in [7, 11) is 11.2. The number of halogens is 1. The molecular formula is C78H86ClN27O13S. The Morgan fingerprint density at radius 2 is 0.933 bits per heavy atom. The Balaban J connectivity index is 0.499. The number of anilines is 7. The van der Waals surface area contributed by atoms with Crippen molar-refractivity contribution in [3.05, 3.63) is 195 Å². The molecule has 0 aliphatic carbocycles. The van der Waals surface area contributed by atoms with Gasteiger partial charge < -0.3 is 101 Å². The second kappa shape index (κ2) is 37.5. The second-order valence-electron chi connectivity index (χ2n) is 28.0. The average Bonchev–Trinajstić information content (AvgIpc) is 1.59. The molecule has 12 N–H and O–H groups in total. The van der Waals surface area contributed by atoms with E-state index in [2.05, 4.69) is 108 Å². The van der Waals surface area contributed by atoms with E-state index in [1.54, 1.807) is 102 Å². The highest BCUT2D eigenvalue weighted by atomic mass is 35.5. The highest BCUT2D eigenvalue weighted by molar-refractivity contribution is 7.15. The van der Waals surface area contributed by atoms with E-state index in [-0.39, 0.29) is 159 Å². The lowest BCUT2D eigenvalue weighted by molar-refractivity contribution is -0.121. The van der Waals surface area contributed by atoms with Gasteiger partial charge in [-0.05, 0) is 87.4 Å². The molecule has 0 radical (unpaired) electrons. The summed E-state index contributed by atoms with van der Waals surface area (Å²) in [6.45, 7) is 6.22. The zero-order valence-corrected chi connectivity index (χ0v) is 68.4. The highest BCUT2D eigenvalue weighted by Gasteiger charge is 2.34. The van der Waals surface area contributed by atoms with E-state index in [4.69, 9.17) is 21.3 Å². The van der Waals surface area contributed by atoms with Crippen molar-refractivity contribution in [1.29, 1.82) is 0 Å². The molecule has 120 heavy (non-hydrogen) atoms. The summed E-state index contributed by atoms with van der Waals surface area (Å²) >= 11 is 7.89. The normalized spacial score (nSPS) is 12.1. The van der Waals surface area contributed by atoms with Gasteiger partial charge in [0.05, 0.1) is 35.7 Å². The molecule has 0 unspecified atom stereocenters. The predicted molar refractivity (Wildman–Crippen MR) is 443 cm³/mol. The fourth-order valence-electron chi connectivity index (χ4n) is 12.8. The van der Waals surface area contributed by atoms with Crippen LogP contribution in [0.2, 0.25) is 5.02 Å². The molecule has 0 saturated heterocycles. The molecule has 40 nitrogen and oxygen atoms in total. The number of thiophene rings is 1. The van der Waals surface area contributed by atoms with Crippen molar-refractivity contribution < 1.29 is 62.3 Å². The number of rotatable bonds is 34. The zero-order chi connectivity index (χ0) is 85.8. The van der Waals surface area contributed by atoms with Crippen molar-refractivity contribution in [2.45, 2.75) is 65.3 Å². The molecule has 9 aromatic heterocycles. The molecule has 0 saturated carbocycles. The number of benzene rings is 2. The molecule has 10 heterocycles. The van der Waals surface area contributed by atoms with E-state index < -0.39 is 65.1 Å². The maximum absolute atomic E-state index is 13.7. The standard InChI is InChI=1S/C78H86ClN27O13S/c1-42-43(2)120-78-64(42)65(45-13-15-46(79)16-14-45)90-52(66-98-97-44(3)106(66)78)35-63(111)86-47-17-19-51(20-18-47)119-31-29-80-59(107)21-25-84-75(116)69-95-58(41-104(69)9)96-73(114)55-32-48(36-102(55)7)87-61(109)22-27-85-74(115)68-93-56(39-103(68)8)91-60(108)12-11-24-82-71(112)53-34-50(38-100(53)5)89-77(118)70-94-57(40-105(70)10)92-62(110)23-26-83-72(113)54-33-49(37-101(54)6)88-76(117)67-81-28-30-99(67)4/h13-20,28,30,32-34,36-41,52H,11-12,21-27,29,31,35H2,1-10H3,(H,80,107)(H,82,112)(H,83,113)(H,84,116)(H,85,115)(H,86,111)(H,87,109)(H,88,117)(H,89,118)(H,91,108)(H,92,110)(H,96,114)/t52-/m0/s1. The van der Waals surface area contributed by atoms with Gasteiger partial charge in [0.15, 0.2) is 29.1 Å². The number of amides is 12. The van der Waals surface area contributed by atoms with Gasteiger partial charge in [-0.1, -0.05) is 23.7 Å². The van der Waals surface area contributed by atoms with Gasteiger partial charge in [0.2, 0.25) is 47.0 Å². The number of aliphatic imine (C=N–C) groups is 1. The first kappa shape index (κ1) is 84.7. The SMILES string of the molecule is Cc1sc2c(c1C)C(c1ccc(Cl)cc1)=N[C@@H](CC(=O)Nc1ccc(OCCNC(=O)CCNC(=O)c3nc(NC(=O)c4cc(NC(=O)CCNC(=O)c5nc(NC(=O)CCCNC(=O)c6cc(NC(=O)c7nc(NC(=O)CCNC(=O)c8cc(NC(=O)c9nccn9C)cn8C)cn7C)cn6C)cn5C)cn4C)cn3C)cc1)c1nnc(C)n1-2. The number of aryl methyl sites for hydroxylation is 9. The number of ether oxygens (including phenoxy) is 1. The monoisotopic (exact) mass is 1680 g/mol. The minimum absolute atomic E-state index is 0.0125. The van der Waals surface area contributed by atoms with Crippen LogP contribution < -0.4 is 68.5 Å². The quantitative estimate of drug-likeness (QED) is 0.0221. The average molecular weight is 1680 g/mol. The third-order valence-corrected chi connectivity index (χ3v) is 20.3. The molecule has 42 heteroatoms. The Hall–Kier alpha value is -14.6. The number of nitrogens with one attached hydrogen (secondary N) is 12. The van der Waals surface area contributed by atoms with Crippen molar-refractivity contribution in [2.24, 2.45) is 54.3 Å². The van der Waals surface area contributed by atoms with Crippen LogP contribution in [0.3, 0.4) is 0 Å². The lowest BCUT2D eigenvalue weighted by Gasteiger charge is -2.13. The van der Waals surface area contributed by atoms with E-state index in [0.717, 1.165) is 32.3 Å². The summed E-state index contributed by atoms with van der Waals surface area (Å²) in [5, 5.41) is 42.8. The van der Waals surface area contributed by atoms with Crippen LogP contribution in [-0.4, -0.2) is 183 Å². The van der Waals surface area contributed by atoms with E-state index in [9.17, 15) is 57.5 Å². The fraction of sp³-hybridized carbons (Fsp3) is 0.295. The van der Waals surface area contributed by atoms with Crippen molar-refractivity contribution in [3.8, 4) is 10.8 Å². The summed E-state index contributed by atoms with van der Waals surface area (Å²) < 4.78 is 18.1. The maximum atomic E-state index is 13.7. The van der Waals surface area contributed by atoms with Gasteiger partial charge in [-0.15, -0.1) is 21.5 Å². The first-order valence-corrected chi connectivity index (χ1v) is 38.8. The molecule has 12 amide bonds. The molecule has 0 bridgehead atoms. The minimum Gasteiger partial charge on any atom is -0.492 e. The predicted octanol–water partition coefficient (Wildman–Crippen LogP) is 5.52. The topological polar surface area (TPSA) is 488 Å². The minimum atomic E-state index is -0.653. The molecule has 11 aromatic rings. The van der Waals surface area contributed by atoms with Crippen LogP contribution in [0.15, 0.2) is 121 Å². The van der Waals surface area contributed by atoms with E-state index >= 15 is 0 Å². The van der Waals surface area contributed by atoms with Crippen LogP contribution in [0.1, 0.15) is 152 Å². The molecule has 12 rings (SSSR count). The largest absolute Gasteiger partial charge is 0.492 e. The molecule has 1 aliphatic heterocycles. The van der Waals surface area contributed by atoms with E-state index in [1.165, 1.54) is 82.8 Å². The van der Waals surface area contributed by atoms with E-state index in [0.29, 0.717) is 33.8 Å². The number of fused-ring (bicyclic) bond motifs is 3. The van der Waals surface area contributed by atoms with Gasteiger partial charge in [-0.25, -0.2) is 19.9 Å². The smallest absolute Gasteiger partial charge is 0.291 e. The first-order valence-electron chi connectivity index (χ1n) is 37.6. The van der Waals surface area contributed by atoms with Crippen LogP contribution in [0, 0.1) is 20.8 Å². The molecule has 1 aliphatic rings. The molecular weight excluding hydrogens is 1590 g/mol. The number of hydrogen-bond donors (Lipinski definition) is 12. The first-order chi connectivity index (χ1) is 57.4. The highest BCUT2D eigenvalue weighted by Crippen LogP contribution is 2.40. The molecule has 0 fully saturated rings. The summed E-state index contributed by atoms with van der Waals surface area (Å²) in [4.78, 5) is 180. The van der Waals surface area contributed by atoms with Crippen LogP contribution in [0.4, 0.5) is 40.2 Å². The maximum Gasteiger partial charge on any atom is 0.291 e. The number of hydrogen-bond acceptors (Lipinski definition) is 21. The third kappa shape index (κ3) is 20.8. The van der Waals surface area contributed by atoms with Crippen molar-refractivity contribution >= 4 is 140 Å². The Kier molecular flexibility index (Phi) is 26.5. The zero-order valence-electron chi connectivity index (χ0n) is 66.8. The van der Waals surface area contributed by atoms with Crippen molar-refractivity contribution in [1.82, 2.24) is 93.3 Å². The van der Waals surface area contributed by atoms with Crippen LogP contribution in [-0.2, 0) is 73.3 Å². The number of carbonyl (C=O) groups excluding carboxylic acids is 12. The lowest BCUT2D eigenvalue weighted by Crippen LogP contribution is -2.33. The molecule has 0 spiro atoms. The Morgan fingerprint density at radius 3 is 1.49 bits per heavy atom. The summed E-state index contributed by atoms with van der Waals surface area (Å²) in [6.07, 6.45) is 11.8. The third-order valence-electron chi connectivity index (χ3n) is 18.9. The second-order valence-corrected chi connectivity index (χ2v) is 29.6. The molecule has 2 aromatic carbocycles. The fourth-order valence-corrected chi connectivity index (χ4v) is 14.2. The number of carbonyl (C=O) groups is 12. The van der Waals surface area contributed by atoms with Crippen LogP contribution in [0.25, 0.3) is 5.00 Å². The van der Waals surface area contributed by atoms with Gasteiger partial charge in [0, 0.05) is 177 Å². The number of nitrogens with zero attached hydrogens (tertiary/aromatic N) is 15. The van der Waals surface area contributed by atoms with E-state index in [1.807, 2.05) is 35.8 Å². The number of imidazole rings is 4. The van der Waals surface area contributed by atoms with Crippen molar-refractivity contribution in [3.63, 3.8) is 0 Å². The molecule has 1 atom stereocenters. The Morgan fingerprint density at radius 1 is 0.450 bits per heavy atom. The van der Waals surface area contributed by atoms with Gasteiger partial charge in [0.25, 0.3) is 41.4 Å². The van der Waals surface area contributed by atoms with Gasteiger partial charge >= 0.3 is 0 Å². The van der Waals surface area contributed by atoms with Gasteiger partial charge in [-0.3, -0.25) is 67.1 Å². The van der Waals surface area contributed by atoms with Crippen molar-refractivity contribution in [2.75, 3.05) is 76.5 Å². The van der Waals surface area contributed by atoms with Gasteiger partial charge in [0.1, 0.15) is 46.3 Å². The van der Waals surface area contributed by atoms with Crippen LogP contribution >= 0.6 is 22.9 Å². The number of aromatic nitrogens is 14. The lowest BCUT2D eigenvalue weighted by atomic mass is 9.99.